The first-order valence-electron chi connectivity index (χ1n) is 8.26. The third kappa shape index (κ3) is 4.92. The van der Waals surface area contributed by atoms with Crippen LogP contribution in [-0.4, -0.2) is 10.7 Å². The standard InChI is InChI=1S/C21H17NO5/c1-15-2-4-16(5-3-15)21(23)13-12-19-10-11-20(27-19)14-26-18-8-6-17(7-9-18)22(24)25/h2-13H,14H2,1H3/b13-12+. The number of nitrogens with zero attached hydrogens (tertiary/aromatic N) is 1. The fourth-order valence-electron chi connectivity index (χ4n) is 2.35. The zero-order valence-electron chi connectivity index (χ0n) is 14.6. The molecule has 1 heterocycles. The monoisotopic (exact) mass is 363 g/mol. The molecule has 0 aliphatic carbocycles. The normalized spacial score (nSPS) is 10.9. The Morgan fingerprint density at radius 2 is 1.78 bits per heavy atom. The predicted molar refractivity (Wildman–Crippen MR) is 101 cm³/mol. The van der Waals surface area contributed by atoms with Crippen LogP contribution in [-0.2, 0) is 6.61 Å². The number of nitro groups is 1. The van der Waals surface area contributed by atoms with Crippen LogP contribution < -0.4 is 4.74 Å². The van der Waals surface area contributed by atoms with E-state index in [0.29, 0.717) is 22.8 Å². The molecule has 6 heteroatoms. The SMILES string of the molecule is Cc1ccc(C(=O)/C=C/c2ccc(COc3ccc([N+](=O)[O-])cc3)o2)cc1. The van der Waals surface area contributed by atoms with Gasteiger partial charge in [0.15, 0.2) is 5.78 Å². The van der Waals surface area contributed by atoms with Gasteiger partial charge in [0.1, 0.15) is 23.9 Å². The Kier molecular flexibility index (Phi) is 5.47. The maximum atomic E-state index is 12.1. The van der Waals surface area contributed by atoms with E-state index >= 15 is 0 Å². The highest BCUT2D eigenvalue weighted by molar-refractivity contribution is 6.06. The van der Waals surface area contributed by atoms with Crippen molar-refractivity contribution in [1.29, 1.82) is 0 Å². The number of hydrogen-bond acceptors (Lipinski definition) is 5. The number of furan rings is 1. The van der Waals surface area contributed by atoms with Gasteiger partial charge >= 0.3 is 0 Å². The smallest absolute Gasteiger partial charge is 0.269 e. The average molecular weight is 363 g/mol. The van der Waals surface area contributed by atoms with Gasteiger partial charge in [-0.3, -0.25) is 14.9 Å². The van der Waals surface area contributed by atoms with Crippen LogP contribution in [0.2, 0.25) is 0 Å². The summed E-state index contributed by atoms with van der Waals surface area (Å²) in [5, 5.41) is 10.6. The lowest BCUT2D eigenvalue weighted by Gasteiger charge is -2.03. The van der Waals surface area contributed by atoms with Crippen LogP contribution in [0.25, 0.3) is 6.08 Å². The lowest BCUT2D eigenvalue weighted by atomic mass is 10.1. The van der Waals surface area contributed by atoms with E-state index in [1.54, 1.807) is 30.3 Å². The second kappa shape index (κ2) is 8.14. The molecule has 6 nitrogen and oxygen atoms in total. The molecule has 0 saturated carbocycles. The zero-order chi connectivity index (χ0) is 19.2. The van der Waals surface area contributed by atoms with Crippen molar-refractivity contribution in [2.45, 2.75) is 13.5 Å². The van der Waals surface area contributed by atoms with E-state index in [9.17, 15) is 14.9 Å². The summed E-state index contributed by atoms with van der Waals surface area (Å²) >= 11 is 0. The first-order chi connectivity index (χ1) is 13.0. The first-order valence-corrected chi connectivity index (χ1v) is 8.26. The van der Waals surface area contributed by atoms with Crippen molar-refractivity contribution in [2.75, 3.05) is 0 Å². The minimum atomic E-state index is -0.465. The number of allylic oxidation sites excluding steroid dienone is 1. The number of ketones is 1. The van der Waals surface area contributed by atoms with Crippen molar-refractivity contribution >= 4 is 17.5 Å². The van der Waals surface area contributed by atoms with Crippen LogP contribution in [0.15, 0.2) is 71.2 Å². The fraction of sp³-hybridized carbons (Fsp3) is 0.0952. The van der Waals surface area contributed by atoms with Crippen molar-refractivity contribution in [1.82, 2.24) is 0 Å². The number of non-ortho nitro benzene ring substituents is 1. The van der Waals surface area contributed by atoms with Gasteiger partial charge in [0.05, 0.1) is 4.92 Å². The molecule has 3 rings (SSSR count). The number of ether oxygens (including phenoxy) is 1. The van der Waals surface area contributed by atoms with Crippen LogP contribution in [0.4, 0.5) is 5.69 Å². The summed E-state index contributed by atoms with van der Waals surface area (Å²) in [6.45, 7) is 2.14. The van der Waals surface area contributed by atoms with E-state index in [0.717, 1.165) is 5.56 Å². The quantitative estimate of drug-likeness (QED) is 0.256. The number of carbonyl (C=O) groups excluding carboxylic acids is 1. The lowest BCUT2D eigenvalue weighted by Crippen LogP contribution is -1.94. The molecule has 0 amide bonds. The number of benzene rings is 2. The number of rotatable bonds is 7. The Morgan fingerprint density at radius 1 is 1.07 bits per heavy atom. The Bertz CT molecular complexity index is 969. The Morgan fingerprint density at radius 3 is 2.44 bits per heavy atom. The van der Waals surface area contributed by atoms with Crippen molar-refractivity contribution < 1.29 is 18.9 Å². The molecular formula is C21H17NO5. The van der Waals surface area contributed by atoms with Crippen LogP contribution >= 0.6 is 0 Å². The highest BCUT2D eigenvalue weighted by Crippen LogP contribution is 2.19. The summed E-state index contributed by atoms with van der Waals surface area (Å²) in [6.07, 6.45) is 3.07. The van der Waals surface area contributed by atoms with E-state index in [-0.39, 0.29) is 18.1 Å². The number of hydrogen-bond donors (Lipinski definition) is 0. The molecule has 0 aliphatic heterocycles. The van der Waals surface area contributed by atoms with E-state index < -0.39 is 4.92 Å². The number of aryl methyl sites for hydroxylation is 1. The second-order valence-corrected chi connectivity index (χ2v) is 5.91. The molecule has 0 spiro atoms. The molecule has 0 atom stereocenters. The van der Waals surface area contributed by atoms with Crippen LogP contribution in [0.3, 0.4) is 0 Å². The van der Waals surface area contributed by atoms with Gasteiger partial charge in [-0.2, -0.15) is 0 Å². The van der Waals surface area contributed by atoms with Gasteiger partial charge in [0.2, 0.25) is 0 Å². The topological polar surface area (TPSA) is 82.6 Å². The third-order valence-corrected chi connectivity index (χ3v) is 3.85. The minimum absolute atomic E-state index is 0.00557. The van der Waals surface area contributed by atoms with Crippen molar-refractivity contribution in [2.24, 2.45) is 0 Å². The molecule has 0 N–H and O–H groups in total. The van der Waals surface area contributed by atoms with Crippen LogP contribution in [0.1, 0.15) is 27.4 Å². The van der Waals surface area contributed by atoms with E-state index in [1.807, 2.05) is 19.1 Å². The molecule has 0 fully saturated rings. The summed E-state index contributed by atoms with van der Waals surface area (Å²) in [5.41, 5.74) is 1.72. The summed E-state index contributed by atoms with van der Waals surface area (Å²) < 4.78 is 11.1. The van der Waals surface area contributed by atoms with Crippen molar-refractivity contribution in [3.8, 4) is 5.75 Å². The molecule has 2 aromatic carbocycles. The number of carbonyl (C=O) groups is 1. The molecular weight excluding hydrogens is 346 g/mol. The Labute approximate surface area is 155 Å². The van der Waals surface area contributed by atoms with Gasteiger partial charge in [-0.1, -0.05) is 29.8 Å². The second-order valence-electron chi connectivity index (χ2n) is 5.91. The zero-order valence-corrected chi connectivity index (χ0v) is 14.6. The molecule has 3 aromatic rings. The molecule has 136 valence electrons. The van der Waals surface area contributed by atoms with Gasteiger partial charge in [-0.05, 0) is 43.3 Å². The summed E-state index contributed by atoms with van der Waals surface area (Å²) in [4.78, 5) is 22.3. The molecule has 1 aromatic heterocycles. The van der Waals surface area contributed by atoms with Gasteiger partial charge in [-0.15, -0.1) is 0 Å². The molecule has 0 radical (unpaired) electrons. The van der Waals surface area contributed by atoms with E-state index in [4.69, 9.17) is 9.15 Å². The molecule has 0 unspecified atom stereocenters. The van der Waals surface area contributed by atoms with Crippen molar-refractivity contribution in [3.63, 3.8) is 0 Å². The Hall–Kier alpha value is -3.67. The Balaban J connectivity index is 1.57. The van der Waals surface area contributed by atoms with E-state index in [2.05, 4.69) is 0 Å². The first kappa shape index (κ1) is 18.1. The summed E-state index contributed by atoms with van der Waals surface area (Å²) in [7, 11) is 0. The molecule has 0 aliphatic rings. The lowest BCUT2D eigenvalue weighted by molar-refractivity contribution is -0.384. The average Bonchev–Trinajstić information content (AvgIpc) is 3.13. The van der Waals surface area contributed by atoms with E-state index in [1.165, 1.54) is 30.3 Å². The molecule has 0 bridgehead atoms. The number of nitro benzene ring substituents is 1. The minimum Gasteiger partial charge on any atom is -0.486 e. The predicted octanol–water partition coefficient (Wildman–Crippen LogP) is 4.97. The van der Waals surface area contributed by atoms with Gasteiger partial charge < -0.3 is 9.15 Å². The summed E-state index contributed by atoms with van der Waals surface area (Å²) in [5.74, 6) is 1.52. The summed E-state index contributed by atoms with van der Waals surface area (Å²) in [6, 6.07) is 16.7. The molecule has 0 saturated heterocycles. The van der Waals surface area contributed by atoms with Crippen LogP contribution in [0, 0.1) is 17.0 Å². The van der Waals surface area contributed by atoms with Gasteiger partial charge in [0.25, 0.3) is 5.69 Å². The van der Waals surface area contributed by atoms with Crippen molar-refractivity contribution in [3.05, 3.63) is 99.5 Å². The third-order valence-electron chi connectivity index (χ3n) is 3.85. The largest absolute Gasteiger partial charge is 0.486 e. The highest BCUT2D eigenvalue weighted by atomic mass is 16.6. The maximum Gasteiger partial charge on any atom is 0.269 e. The fourth-order valence-corrected chi connectivity index (χ4v) is 2.35. The maximum absolute atomic E-state index is 12.1. The van der Waals surface area contributed by atoms with Gasteiger partial charge in [-0.25, -0.2) is 0 Å². The van der Waals surface area contributed by atoms with Gasteiger partial charge in [0, 0.05) is 17.7 Å². The molecule has 27 heavy (non-hydrogen) atoms. The highest BCUT2D eigenvalue weighted by Gasteiger charge is 2.06. The van der Waals surface area contributed by atoms with Crippen LogP contribution in [0.5, 0.6) is 5.75 Å².